The highest BCUT2D eigenvalue weighted by Gasteiger charge is 2.79. The van der Waals surface area contributed by atoms with Gasteiger partial charge in [0.15, 0.2) is 5.96 Å². The molecular formula is C28H24ClN3O. The Morgan fingerprint density at radius 3 is 2.73 bits per heavy atom. The van der Waals surface area contributed by atoms with Gasteiger partial charge < -0.3 is 15.4 Å². The van der Waals surface area contributed by atoms with Crippen LogP contribution in [0.1, 0.15) is 28.7 Å². The van der Waals surface area contributed by atoms with Crippen LogP contribution in [0.5, 0.6) is 5.75 Å². The first kappa shape index (κ1) is 19.2. The summed E-state index contributed by atoms with van der Waals surface area (Å²) in [4.78, 5) is 7.31. The fourth-order valence-electron chi connectivity index (χ4n) is 6.70. The summed E-state index contributed by atoms with van der Waals surface area (Å²) in [5, 5.41) is 0.666. The number of benzene rings is 3. The minimum Gasteiger partial charge on any atom is -0.497 e. The summed E-state index contributed by atoms with van der Waals surface area (Å²) >= 11 is 6.38. The monoisotopic (exact) mass is 453 g/mol. The van der Waals surface area contributed by atoms with Gasteiger partial charge in [-0.1, -0.05) is 48.0 Å². The number of fused-ring (bicyclic) bond motifs is 3. The molecule has 0 bridgehead atoms. The lowest BCUT2D eigenvalue weighted by Crippen LogP contribution is -2.37. The minimum atomic E-state index is -0.347. The molecule has 164 valence electrons. The maximum absolute atomic E-state index is 6.58. The van der Waals surface area contributed by atoms with Gasteiger partial charge in [0, 0.05) is 23.0 Å². The van der Waals surface area contributed by atoms with Gasteiger partial charge in [-0.05, 0) is 76.9 Å². The van der Waals surface area contributed by atoms with Crippen LogP contribution < -0.4 is 10.5 Å². The number of rotatable bonds is 2. The van der Waals surface area contributed by atoms with E-state index in [1.807, 2.05) is 25.2 Å². The van der Waals surface area contributed by atoms with E-state index in [4.69, 9.17) is 27.1 Å². The van der Waals surface area contributed by atoms with Crippen LogP contribution in [-0.2, 0) is 18.4 Å². The van der Waals surface area contributed by atoms with E-state index < -0.39 is 0 Å². The van der Waals surface area contributed by atoms with E-state index in [1.54, 1.807) is 7.11 Å². The van der Waals surface area contributed by atoms with E-state index >= 15 is 0 Å². The third-order valence-corrected chi connectivity index (χ3v) is 8.41. The first-order chi connectivity index (χ1) is 16.0. The largest absolute Gasteiger partial charge is 0.497 e. The molecule has 2 spiro atoms. The molecule has 0 amide bonds. The van der Waals surface area contributed by atoms with E-state index in [0.717, 1.165) is 36.1 Å². The highest BCUT2D eigenvalue weighted by Crippen LogP contribution is 2.81. The molecule has 1 saturated carbocycles. The quantitative estimate of drug-likeness (QED) is 0.566. The van der Waals surface area contributed by atoms with Crippen molar-refractivity contribution >= 4 is 23.3 Å². The first-order valence-corrected chi connectivity index (χ1v) is 11.8. The highest BCUT2D eigenvalue weighted by molar-refractivity contribution is 6.31. The van der Waals surface area contributed by atoms with Crippen LogP contribution >= 0.6 is 11.6 Å². The number of hydrogen-bond donors (Lipinski definition) is 1. The predicted octanol–water partition coefficient (Wildman–Crippen LogP) is 5.38. The average molecular weight is 454 g/mol. The topological polar surface area (TPSA) is 50.9 Å². The molecule has 0 saturated heterocycles. The lowest BCUT2D eigenvalue weighted by Gasteiger charge is -2.30. The van der Waals surface area contributed by atoms with E-state index in [1.165, 1.54) is 33.5 Å². The summed E-state index contributed by atoms with van der Waals surface area (Å²) < 4.78 is 5.46. The van der Waals surface area contributed by atoms with Crippen LogP contribution in [-0.4, -0.2) is 25.0 Å². The maximum atomic E-state index is 6.58. The summed E-state index contributed by atoms with van der Waals surface area (Å²) in [5.74, 6) is 1.35. The number of aliphatic imine (C=N–C) groups is 1. The number of nitrogens with two attached hydrogens (primary N) is 1. The number of nitrogens with zero attached hydrogens (tertiary/aromatic N) is 2. The molecule has 2 unspecified atom stereocenters. The predicted molar refractivity (Wildman–Crippen MR) is 132 cm³/mol. The second-order valence-corrected chi connectivity index (χ2v) is 10.1. The Balaban J connectivity index is 1.46. The van der Waals surface area contributed by atoms with Crippen molar-refractivity contribution in [3.63, 3.8) is 0 Å². The summed E-state index contributed by atoms with van der Waals surface area (Å²) in [6.07, 6.45) is 3.15. The molecule has 3 aromatic rings. The zero-order valence-corrected chi connectivity index (χ0v) is 19.4. The van der Waals surface area contributed by atoms with Gasteiger partial charge in [-0.15, -0.1) is 0 Å². The van der Waals surface area contributed by atoms with Crippen LogP contribution in [0, 0.1) is 5.41 Å². The van der Waals surface area contributed by atoms with Gasteiger partial charge in [-0.2, -0.15) is 0 Å². The van der Waals surface area contributed by atoms with Gasteiger partial charge in [-0.25, -0.2) is 4.99 Å². The fourth-order valence-corrected chi connectivity index (χ4v) is 6.92. The summed E-state index contributed by atoms with van der Waals surface area (Å²) in [7, 11) is 3.72. The smallest absolute Gasteiger partial charge is 0.196 e. The number of halogens is 1. The summed E-state index contributed by atoms with van der Waals surface area (Å²) in [5.41, 5.74) is 16.5. The number of guanidine groups is 1. The molecule has 33 heavy (non-hydrogen) atoms. The zero-order valence-electron chi connectivity index (χ0n) is 18.7. The van der Waals surface area contributed by atoms with Crippen molar-refractivity contribution in [1.29, 1.82) is 0 Å². The Bertz CT molecular complexity index is 1440. The molecule has 1 aliphatic heterocycles. The highest BCUT2D eigenvalue weighted by atomic mass is 35.5. The fraction of sp³-hybridized carbons (Fsp3) is 0.250. The van der Waals surface area contributed by atoms with E-state index in [0.29, 0.717) is 11.0 Å². The van der Waals surface area contributed by atoms with Crippen molar-refractivity contribution in [2.45, 2.75) is 24.8 Å². The lowest BCUT2D eigenvalue weighted by atomic mass is 9.91. The third-order valence-electron chi connectivity index (χ3n) is 8.19. The van der Waals surface area contributed by atoms with Crippen molar-refractivity contribution in [3.05, 3.63) is 93.5 Å². The standard InChI is InChI=1S/C28H24ClN3O/c1-32-24-22-6-4-3-5-16(22)9-10-27-15-18-8-7-17(19-11-20(29)14-21(12-19)33-2)13-23(18)28(27,25(24)27)31-26(32)30/h3-8,11-14H,9-10,15H2,1-2H3,(H2,30,31). The zero-order chi connectivity index (χ0) is 22.5. The number of aryl methyl sites for hydroxylation is 1. The van der Waals surface area contributed by atoms with Crippen LogP contribution in [0.15, 0.2) is 71.2 Å². The van der Waals surface area contributed by atoms with Gasteiger partial charge in [-0.3, -0.25) is 0 Å². The van der Waals surface area contributed by atoms with Gasteiger partial charge in [0.1, 0.15) is 11.3 Å². The molecule has 1 fully saturated rings. The van der Waals surface area contributed by atoms with Crippen molar-refractivity contribution in [1.82, 2.24) is 4.90 Å². The SMILES string of the molecule is COc1cc(Cl)cc(-c2ccc3c(c2)C24N=C(N)N(C)C5=C2C4(CCc2ccccc25)C3)c1. The Hall–Kier alpha value is -3.24. The molecule has 7 rings (SSSR count). The number of ether oxygens (including phenoxy) is 1. The molecule has 2 N–H and O–H groups in total. The Morgan fingerprint density at radius 2 is 1.88 bits per heavy atom. The van der Waals surface area contributed by atoms with Crippen LogP contribution in [0.3, 0.4) is 0 Å². The maximum Gasteiger partial charge on any atom is 0.196 e. The second kappa shape index (κ2) is 6.21. The van der Waals surface area contributed by atoms with Crippen molar-refractivity contribution < 1.29 is 4.74 Å². The lowest BCUT2D eigenvalue weighted by molar-refractivity contribution is 0.415. The van der Waals surface area contributed by atoms with Gasteiger partial charge >= 0.3 is 0 Å². The molecule has 3 aromatic carbocycles. The molecule has 0 radical (unpaired) electrons. The molecule has 4 nitrogen and oxygen atoms in total. The average Bonchev–Trinajstić information content (AvgIpc) is 3.33. The van der Waals surface area contributed by atoms with Gasteiger partial charge in [0.05, 0.1) is 12.8 Å². The number of hydrogen-bond acceptors (Lipinski definition) is 4. The third kappa shape index (κ3) is 2.25. The molecular weight excluding hydrogens is 430 g/mol. The molecule has 5 heteroatoms. The van der Waals surface area contributed by atoms with Crippen LogP contribution in [0.25, 0.3) is 16.8 Å². The normalized spacial score (nSPS) is 26.0. The van der Waals surface area contributed by atoms with Crippen LogP contribution in [0.2, 0.25) is 5.02 Å². The van der Waals surface area contributed by atoms with Crippen molar-refractivity contribution in [3.8, 4) is 16.9 Å². The van der Waals surface area contributed by atoms with Gasteiger partial charge in [0.2, 0.25) is 0 Å². The molecule has 3 aliphatic carbocycles. The first-order valence-electron chi connectivity index (χ1n) is 11.4. The number of methoxy groups -OCH3 is 1. The van der Waals surface area contributed by atoms with Crippen molar-refractivity contribution in [2.75, 3.05) is 14.2 Å². The summed E-state index contributed by atoms with van der Waals surface area (Å²) in [6.45, 7) is 0. The minimum absolute atomic E-state index is 0.0176. The van der Waals surface area contributed by atoms with Gasteiger partial charge in [0.25, 0.3) is 0 Å². The molecule has 4 aliphatic rings. The van der Waals surface area contributed by atoms with E-state index in [-0.39, 0.29) is 11.0 Å². The van der Waals surface area contributed by atoms with Crippen molar-refractivity contribution in [2.24, 2.45) is 16.1 Å². The molecule has 1 heterocycles. The van der Waals surface area contributed by atoms with E-state index in [9.17, 15) is 0 Å². The molecule has 0 aromatic heterocycles. The Labute approximate surface area is 198 Å². The Kier molecular flexibility index (Phi) is 3.62. The summed E-state index contributed by atoms with van der Waals surface area (Å²) in [6, 6.07) is 21.4. The van der Waals surface area contributed by atoms with Crippen LogP contribution in [0.4, 0.5) is 0 Å². The Morgan fingerprint density at radius 1 is 1.03 bits per heavy atom. The second-order valence-electron chi connectivity index (χ2n) is 9.63. The van der Waals surface area contributed by atoms with E-state index in [2.05, 4.69) is 47.4 Å². The molecule has 2 atom stereocenters.